The van der Waals surface area contributed by atoms with Gasteiger partial charge >= 0.3 is 0 Å². The van der Waals surface area contributed by atoms with Gasteiger partial charge in [0.05, 0.1) is 12.3 Å². The number of amides is 2. The van der Waals surface area contributed by atoms with Gasteiger partial charge in [-0.05, 0) is 69.1 Å². The van der Waals surface area contributed by atoms with Crippen LogP contribution in [-0.2, 0) is 21.5 Å². The number of aromatic amines is 1. The van der Waals surface area contributed by atoms with E-state index in [9.17, 15) is 14.0 Å². The summed E-state index contributed by atoms with van der Waals surface area (Å²) in [6, 6.07) is 15.2. The van der Waals surface area contributed by atoms with Gasteiger partial charge in [-0.2, -0.15) is 0 Å². The van der Waals surface area contributed by atoms with Crippen molar-refractivity contribution in [1.82, 2.24) is 19.7 Å². The lowest BCUT2D eigenvalue weighted by Crippen LogP contribution is -2.54. The Kier molecular flexibility index (Phi) is 6.84. The summed E-state index contributed by atoms with van der Waals surface area (Å²) in [6.45, 7) is 2.60. The van der Waals surface area contributed by atoms with Crippen LogP contribution in [0.1, 0.15) is 36.8 Å². The second-order valence-corrected chi connectivity index (χ2v) is 10.5. The van der Waals surface area contributed by atoms with Crippen LogP contribution < -0.4 is 0 Å². The van der Waals surface area contributed by atoms with Crippen LogP contribution in [0.4, 0.5) is 4.39 Å². The predicted molar refractivity (Wildman–Crippen MR) is 139 cm³/mol. The number of nitrogens with zero attached hydrogens (tertiary/aromatic N) is 3. The highest BCUT2D eigenvalue weighted by Crippen LogP contribution is 2.38. The number of benzene rings is 2. The molecule has 2 fully saturated rings. The van der Waals surface area contributed by atoms with Crippen LogP contribution in [-0.4, -0.2) is 71.8 Å². The Hall–Kier alpha value is -3.19. The minimum Gasteiger partial charge on any atom is -0.361 e. The first kappa shape index (κ1) is 24.5. The van der Waals surface area contributed by atoms with Gasteiger partial charge in [0.25, 0.3) is 0 Å². The third kappa shape index (κ3) is 4.64. The number of aromatic nitrogens is 1. The van der Waals surface area contributed by atoms with Crippen molar-refractivity contribution in [2.75, 3.05) is 40.3 Å². The first-order valence-electron chi connectivity index (χ1n) is 12.9. The Balaban J connectivity index is 1.21. The molecule has 190 valence electrons. The van der Waals surface area contributed by atoms with E-state index in [1.54, 1.807) is 12.3 Å². The van der Waals surface area contributed by atoms with Crippen LogP contribution in [0.3, 0.4) is 0 Å². The fourth-order valence-electron chi connectivity index (χ4n) is 6.08. The van der Waals surface area contributed by atoms with Gasteiger partial charge in [-0.25, -0.2) is 4.39 Å². The van der Waals surface area contributed by atoms with Crippen molar-refractivity contribution >= 4 is 22.7 Å². The third-order valence-electron chi connectivity index (χ3n) is 8.26. The van der Waals surface area contributed by atoms with Gasteiger partial charge in [-0.1, -0.05) is 30.3 Å². The molecule has 3 heterocycles. The topological polar surface area (TPSA) is 59.6 Å². The summed E-state index contributed by atoms with van der Waals surface area (Å²) in [5.41, 5.74) is 2.80. The molecule has 0 radical (unpaired) electrons. The van der Waals surface area contributed by atoms with Crippen LogP contribution in [0.5, 0.6) is 0 Å². The van der Waals surface area contributed by atoms with Crippen molar-refractivity contribution in [3.05, 3.63) is 71.7 Å². The van der Waals surface area contributed by atoms with E-state index in [2.05, 4.69) is 48.2 Å². The summed E-state index contributed by atoms with van der Waals surface area (Å²) >= 11 is 0. The third-order valence-corrected chi connectivity index (χ3v) is 8.26. The largest absolute Gasteiger partial charge is 0.361 e. The number of nitrogens with one attached hydrogen (secondary N) is 1. The molecule has 1 aromatic heterocycles. The van der Waals surface area contributed by atoms with Crippen LogP contribution in [0, 0.1) is 11.7 Å². The monoisotopic (exact) mass is 490 g/mol. The number of rotatable bonds is 5. The summed E-state index contributed by atoms with van der Waals surface area (Å²) in [5, 5.41) is 0.866. The molecule has 5 rings (SSSR count). The lowest BCUT2D eigenvalue weighted by atomic mass is 9.79. The van der Waals surface area contributed by atoms with Crippen LogP contribution >= 0.6 is 0 Å². The molecular weight excluding hydrogens is 455 g/mol. The Morgan fingerprint density at radius 1 is 1.06 bits per heavy atom. The van der Waals surface area contributed by atoms with E-state index in [1.807, 2.05) is 15.9 Å². The smallest absolute Gasteiger partial charge is 0.227 e. The number of hydrogen-bond acceptors (Lipinski definition) is 3. The summed E-state index contributed by atoms with van der Waals surface area (Å²) < 4.78 is 13.5. The number of likely N-dealkylation sites (tertiary alicyclic amines) is 2. The van der Waals surface area contributed by atoms with E-state index < -0.39 is 0 Å². The number of carbonyl (C=O) groups excluding carboxylic acids is 2. The van der Waals surface area contributed by atoms with Crippen LogP contribution in [0.2, 0.25) is 0 Å². The molecule has 0 spiro atoms. The number of carbonyl (C=O) groups is 2. The van der Waals surface area contributed by atoms with Gasteiger partial charge in [-0.3, -0.25) is 14.5 Å². The Labute approximate surface area is 212 Å². The van der Waals surface area contributed by atoms with Crippen LogP contribution in [0.25, 0.3) is 10.9 Å². The number of piperidine rings is 2. The standard InChI is InChI=1S/C29H35FN4O2/c1-32(2)29(23-8-4-3-5-9-23)12-15-33(16-13-29)28(36)21-7-6-14-34(20-21)27(35)17-22-19-31-26-18-24(30)10-11-25(22)26/h3-5,8-11,18-19,21,31H,6-7,12-17,20H2,1-2H3. The molecule has 1 unspecified atom stereocenters. The fraction of sp³-hybridized carbons (Fsp3) is 0.448. The normalized spacial score (nSPS) is 20.2. The number of halogens is 1. The minimum atomic E-state index is -0.302. The fourth-order valence-corrected chi connectivity index (χ4v) is 6.08. The van der Waals surface area contributed by atoms with Crippen molar-refractivity contribution in [3.8, 4) is 0 Å². The van der Waals surface area contributed by atoms with Crippen molar-refractivity contribution in [2.24, 2.45) is 5.92 Å². The summed E-state index contributed by atoms with van der Waals surface area (Å²) in [7, 11) is 4.25. The van der Waals surface area contributed by atoms with Gasteiger partial charge in [0.1, 0.15) is 5.82 Å². The number of hydrogen-bond donors (Lipinski definition) is 1. The van der Waals surface area contributed by atoms with Gasteiger partial charge in [-0.15, -0.1) is 0 Å². The molecule has 0 bridgehead atoms. The van der Waals surface area contributed by atoms with Gasteiger partial charge in [0.15, 0.2) is 0 Å². The Morgan fingerprint density at radius 3 is 2.53 bits per heavy atom. The quantitative estimate of drug-likeness (QED) is 0.584. The van der Waals surface area contributed by atoms with E-state index in [1.165, 1.54) is 17.7 Å². The highest BCUT2D eigenvalue weighted by atomic mass is 19.1. The van der Waals surface area contributed by atoms with E-state index in [0.29, 0.717) is 18.6 Å². The molecule has 2 aliphatic rings. The molecule has 1 atom stereocenters. The van der Waals surface area contributed by atoms with E-state index in [4.69, 9.17) is 0 Å². The Morgan fingerprint density at radius 2 is 1.81 bits per heavy atom. The molecule has 2 aliphatic heterocycles. The first-order chi connectivity index (χ1) is 17.4. The average Bonchev–Trinajstić information content (AvgIpc) is 3.30. The molecule has 0 aliphatic carbocycles. The lowest BCUT2D eigenvalue weighted by molar-refractivity contribution is -0.142. The van der Waals surface area contributed by atoms with E-state index in [-0.39, 0.29) is 35.5 Å². The lowest BCUT2D eigenvalue weighted by Gasteiger charge is -2.47. The number of H-pyrrole nitrogens is 1. The maximum atomic E-state index is 13.5. The Bertz CT molecular complexity index is 1230. The highest BCUT2D eigenvalue weighted by Gasteiger charge is 2.41. The maximum Gasteiger partial charge on any atom is 0.227 e. The molecule has 0 saturated carbocycles. The average molecular weight is 491 g/mol. The summed E-state index contributed by atoms with van der Waals surface area (Å²) in [5.74, 6) is -0.255. The molecular formula is C29H35FN4O2. The predicted octanol–water partition coefficient (Wildman–Crippen LogP) is 4.17. The van der Waals surface area contributed by atoms with Crippen molar-refractivity contribution in [1.29, 1.82) is 0 Å². The summed E-state index contributed by atoms with van der Waals surface area (Å²) in [6.07, 6.45) is 5.48. The summed E-state index contributed by atoms with van der Waals surface area (Å²) in [4.78, 5) is 35.8. The number of fused-ring (bicyclic) bond motifs is 1. The van der Waals surface area contributed by atoms with E-state index >= 15 is 0 Å². The van der Waals surface area contributed by atoms with Gasteiger partial charge < -0.3 is 14.8 Å². The molecule has 1 N–H and O–H groups in total. The first-order valence-corrected chi connectivity index (χ1v) is 12.9. The molecule has 36 heavy (non-hydrogen) atoms. The van der Waals surface area contributed by atoms with Crippen molar-refractivity contribution < 1.29 is 14.0 Å². The minimum absolute atomic E-state index is 0.0204. The molecule has 2 aromatic carbocycles. The molecule has 2 saturated heterocycles. The zero-order valence-corrected chi connectivity index (χ0v) is 21.2. The highest BCUT2D eigenvalue weighted by molar-refractivity contribution is 5.89. The van der Waals surface area contributed by atoms with Crippen LogP contribution in [0.15, 0.2) is 54.7 Å². The molecule has 3 aromatic rings. The molecule has 2 amide bonds. The van der Waals surface area contributed by atoms with Crippen molar-refractivity contribution in [3.63, 3.8) is 0 Å². The zero-order chi connectivity index (χ0) is 25.3. The van der Waals surface area contributed by atoms with Crippen molar-refractivity contribution in [2.45, 2.75) is 37.6 Å². The second kappa shape index (κ2) is 10.1. The SMILES string of the molecule is CN(C)C1(c2ccccc2)CCN(C(=O)C2CCCN(C(=O)Cc3c[nH]c4cc(F)ccc34)C2)CC1. The second-order valence-electron chi connectivity index (χ2n) is 10.5. The molecule has 6 nitrogen and oxygen atoms in total. The molecule has 7 heteroatoms. The zero-order valence-electron chi connectivity index (χ0n) is 21.2. The van der Waals surface area contributed by atoms with Gasteiger partial charge in [0.2, 0.25) is 11.8 Å². The van der Waals surface area contributed by atoms with Gasteiger partial charge in [0, 0.05) is 48.8 Å². The van der Waals surface area contributed by atoms with E-state index in [0.717, 1.165) is 49.7 Å². The maximum absolute atomic E-state index is 13.5.